The number of rotatable bonds is 8. The van der Waals surface area contributed by atoms with Gasteiger partial charge in [-0.2, -0.15) is 0 Å². The molecular formula is C18H22N6O4. The van der Waals surface area contributed by atoms with Crippen molar-refractivity contribution >= 4 is 28.9 Å². The first-order valence-corrected chi connectivity index (χ1v) is 9.26. The number of nitrogens with one attached hydrogen (secondary N) is 1. The van der Waals surface area contributed by atoms with Gasteiger partial charge >= 0.3 is 11.9 Å². The standard InChI is InChI=1S/C18H22N6O4/c19-12-6-13(12)23-17-16-18(21-8-20-17)24(9-22-16)11-2-1-10(5-11)7-28-15(27)4-3-14(25)26/h1-2,8-13H,3-7,19H2,(H,25,26)(H,20,21,23)/t10-,11+,12?,13?/m1/s1. The number of hydrogen-bond acceptors (Lipinski definition) is 8. The average molecular weight is 386 g/mol. The van der Waals surface area contributed by atoms with Crippen molar-refractivity contribution in [2.24, 2.45) is 11.7 Å². The minimum absolute atomic E-state index is 0.0543. The molecule has 0 spiro atoms. The van der Waals surface area contributed by atoms with Crippen LogP contribution in [-0.4, -0.2) is 55.3 Å². The summed E-state index contributed by atoms with van der Waals surface area (Å²) in [7, 11) is 0. The van der Waals surface area contributed by atoms with Gasteiger partial charge in [0.2, 0.25) is 0 Å². The van der Waals surface area contributed by atoms with Crippen LogP contribution in [-0.2, 0) is 14.3 Å². The van der Waals surface area contributed by atoms with Crippen molar-refractivity contribution in [1.29, 1.82) is 0 Å². The summed E-state index contributed by atoms with van der Waals surface area (Å²) in [6, 6.07) is 0.442. The molecule has 0 amide bonds. The van der Waals surface area contributed by atoms with Gasteiger partial charge in [0.1, 0.15) is 11.8 Å². The summed E-state index contributed by atoms with van der Waals surface area (Å²) in [5.41, 5.74) is 7.30. The zero-order chi connectivity index (χ0) is 19.7. The lowest BCUT2D eigenvalue weighted by molar-refractivity contribution is -0.148. The first-order chi connectivity index (χ1) is 13.5. The molecule has 1 saturated carbocycles. The quantitative estimate of drug-likeness (QED) is 0.444. The molecule has 0 bridgehead atoms. The first kappa shape index (κ1) is 18.4. The van der Waals surface area contributed by atoms with E-state index in [0.29, 0.717) is 11.3 Å². The number of anilines is 1. The molecule has 148 valence electrons. The van der Waals surface area contributed by atoms with E-state index in [-0.39, 0.29) is 43.5 Å². The van der Waals surface area contributed by atoms with Crippen LogP contribution >= 0.6 is 0 Å². The van der Waals surface area contributed by atoms with E-state index in [9.17, 15) is 9.59 Å². The molecule has 28 heavy (non-hydrogen) atoms. The van der Waals surface area contributed by atoms with E-state index >= 15 is 0 Å². The van der Waals surface area contributed by atoms with Crippen molar-refractivity contribution in [1.82, 2.24) is 19.5 Å². The largest absolute Gasteiger partial charge is 0.481 e. The summed E-state index contributed by atoms with van der Waals surface area (Å²) in [6.45, 7) is 0.236. The van der Waals surface area contributed by atoms with E-state index in [1.807, 2.05) is 16.7 Å². The van der Waals surface area contributed by atoms with Crippen LogP contribution in [0.3, 0.4) is 0 Å². The van der Waals surface area contributed by atoms with Gasteiger partial charge in [-0.3, -0.25) is 9.59 Å². The number of nitrogens with zero attached hydrogens (tertiary/aromatic N) is 4. The van der Waals surface area contributed by atoms with Crippen molar-refractivity contribution in [3.8, 4) is 0 Å². The Balaban J connectivity index is 1.37. The molecule has 10 nitrogen and oxygen atoms in total. The van der Waals surface area contributed by atoms with Crippen LogP contribution in [0.1, 0.15) is 31.7 Å². The van der Waals surface area contributed by atoms with E-state index < -0.39 is 11.9 Å². The zero-order valence-electron chi connectivity index (χ0n) is 15.2. The van der Waals surface area contributed by atoms with Crippen LogP contribution in [0.2, 0.25) is 0 Å². The van der Waals surface area contributed by atoms with E-state index in [4.69, 9.17) is 15.6 Å². The van der Waals surface area contributed by atoms with Gasteiger partial charge in [0.05, 0.1) is 31.8 Å². The number of carbonyl (C=O) groups is 2. The molecule has 1 fully saturated rings. The lowest BCUT2D eigenvalue weighted by Crippen LogP contribution is -2.15. The molecule has 4 atom stereocenters. The Morgan fingerprint density at radius 3 is 2.82 bits per heavy atom. The highest BCUT2D eigenvalue weighted by Crippen LogP contribution is 2.32. The fourth-order valence-electron chi connectivity index (χ4n) is 3.32. The summed E-state index contributed by atoms with van der Waals surface area (Å²) in [4.78, 5) is 35.2. The molecular weight excluding hydrogens is 364 g/mol. The van der Waals surface area contributed by atoms with Crippen molar-refractivity contribution in [2.75, 3.05) is 11.9 Å². The summed E-state index contributed by atoms with van der Waals surface area (Å²) < 4.78 is 7.17. The Bertz CT molecular complexity index is 926. The Hall–Kier alpha value is -3.01. The van der Waals surface area contributed by atoms with Crippen molar-refractivity contribution < 1.29 is 19.4 Å². The van der Waals surface area contributed by atoms with Crippen LogP contribution in [0.4, 0.5) is 5.82 Å². The number of aliphatic carboxylic acids is 1. The lowest BCUT2D eigenvalue weighted by Gasteiger charge is -2.14. The van der Waals surface area contributed by atoms with E-state index in [0.717, 1.165) is 18.5 Å². The number of hydrogen-bond donors (Lipinski definition) is 3. The van der Waals surface area contributed by atoms with Gasteiger partial charge in [-0.1, -0.05) is 12.2 Å². The molecule has 2 aromatic heterocycles. The normalized spacial score (nSPS) is 25.8. The van der Waals surface area contributed by atoms with Crippen molar-refractivity contribution in [3.63, 3.8) is 0 Å². The molecule has 4 N–H and O–H groups in total. The highest BCUT2D eigenvalue weighted by molar-refractivity contribution is 5.83. The number of carbonyl (C=O) groups excluding carboxylic acids is 1. The fourth-order valence-corrected chi connectivity index (χ4v) is 3.32. The highest BCUT2D eigenvalue weighted by Gasteiger charge is 2.34. The van der Waals surface area contributed by atoms with Crippen LogP contribution in [0.15, 0.2) is 24.8 Å². The number of ether oxygens (including phenoxy) is 1. The number of esters is 1. The number of nitrogens with two attached hydrogens (primary N) is 1. The maximum Gasteiger partial charge on any atom is 0.306 e. The Labute approximate surface area is 160 Å². The third-order valence-electron chi connectivity index (χ3n) is 5.03. The first-order valence-electron chi connectivity index (χ1n) is 9.26. The van der Waals surface area contributed by atoms with Crippen LogP contribution < -0.4 is 11.1 Å². The second-order valence-electron chi connectivity index (χ2n) is 7.22. The molecule has 10 heteroatoms. The predicted octanol–water partition coefficient (Wildman–Crippen LogP) is 0.863. The van der Waals surface area contributed by atoms with Crippen LogP contribution in [0.25, 0.3) is 11.2 Å². The third kappa shape index (κ3) is 3.96. The number of imidazole rings is 1. The number of carboxylic acids is 1. The lowest BCUT2D eigenvalue weighted by atomic mass is 10.1. The average Bonchev–Trinajstić information content (AvgIpc) is 3.06. The Kier molecular flexibility index (Phi) is 4.95. The molecule has 2 aliphatic carbocycles. The predicted molar refractivity (Wildman–Crippen MR) is 99.4 cm³/mol. The molecule has 2 unspecified atom stereocenters. The van der Waals surface area contributed by atoms with Gasteiger partial charge in [-0.05, 0) is 12.8 Å². The monoisotopic (exact) mass is 386 g/mol. The molecule has 0 aliphatic heterocycles. The highest BCUT2D eigenvalue weighted by atomic mass is 16.5. The van der Waals surface area contributed by atoms with Gasteiger partial charge in [-0.15, -0.1) is 0 Å². The van der Waals surface area contributed by atoms with Crippen molar-refractivity contribution in [2.45, 2.75) is 43.8 Å². The Morgan fingerprint density at radius 2 is 2.07 bits per heavy atom. The van der Waals surface area contributed by atoms with Gasteiger partial charge in [-0.25, -0.2) is 15.0 Å². The fraction of sp³-hybridized carbons (Fsp3) is 0.500. The maximum absolute atomic E-state index is 11.6. The minimum Gasteiger partial charge on any atom is -0.481 e. The molecule has 2 heterocycles. The van der Waals surface area contributed by atoms with Gasteiger partial charge < -0.3 is 25.5 Å². The van der Waals surface area contributed by atoms with Crippen molar-refractivity contribution in [3.05, 3.63) is 24.8 Å². The number of allylic oxidation sites excluding steroid dienone is 1. The SMILES string of the molecule is NC1CC1Nc1ncnc2c1ncn2[C@H]1C=C[C@@H](COC(=O)CCC(=O)O)C1. The molecule has 2 aromatic rings. The summed E-state index contributed by atoms with van der Waals surface area (Å²) in [5.74, 6) is -0.744. The number of carboxylic acid groups (broad SMARTS) is 1. The molecule has 2 aliphatic rings. The number of aromatic nitrogens is 4. The third-order valence-corrected chi connectivity index (χ3v) is 5.03. The number of fused-ring (bicyclic) bond motifs is 1. The maximum atomic E-state index is 11.6. The topological polar surface area (TPSA) is 145 Å². The molecule has 0 radical (unpaired) electrons. The molecule has 0 aromatic carbocycles. The van der Waals surface area contributed by atoms with Crippen LogP contribution in [0.5, 0.6) is 0 Å². The smallest absolute Gasteiger partial charge is 0.306 e. The van der Waals surface area contributed by atoms with Gasteiger partial charge in [0.15, 0.2) is 11.5 Å². The molecule has 0 saturated heterocycles. The minimum atomic E-state index is -1.01. The van der Waals surface area contributed by atoms with Gasteiger partial charge in [0, 0.05) is 18.0 Å². The summed E-state index contributed by atoms with van der Waals surface area (Å²) >= 11 is 0. The zero-order valence-corrected chi connectivity index (χ0v) is 15.2. The van der Waals surface area contributed by atoms with E-state index in [2.05, 4.69) is 20.3 Å². The van der Waals surface area contributed by atoms with E-state index in [1.165, 1.54) is 6.33 Å². The van der Waals surface area contributed by atoms with E-state index in [1.54, 1.807) is 6.33 Å². The van der Waals surface area contributed by atoms with Gasteiger partial charge in [0.25, 0.3) is 0 Å². The Morgan fingerprint density at radius 1 is 1.25 bits per heavy atom. The molecule has 4 rings (SSSR count). The van der Waals surface area contributed by atoms with Crippen LogP contribution in [0, 0.1) is 5.92 Å². The second-order valence-corrected chi connectivity index (χ2v) is 7.22. The second kappa shape index (κ2) is 7.55. The summed E-state index contributed by atoms with van der Waals surface area (Å²) in [5, 5.41) is 11.9. The summed E-state index contributed by atoms with van der Waals surface area (Å²) in [6.07, 6.45) is 8.64.